The van der Waals surface area contributed by atoms with E-state index < -0.39 is 40.8 Å². The van der Waals surface area contributed by atoms with Gasteiger partial charge in [0.15, 0.2) is 11.8 Å². The number of aromatic nitrogens is 2. The number of para-hydroxylation sites is 1. The Morgan fingerprint density at radius 1 is 1.03 bits per heavy atom. The Balaban J connectivity index is 1.79. The molecule has 1 unspecified atom stereocenters. The molecule has 2 aromatic carbocycles. The summed E-state index contributed by atoms with van der Waals surface area (Å²) in [7, 11) is 0. The van der Waals surface area contributed by atoms with Crippen molar-refractivity contribution in [3.63, 3.8) is 0 Å². The van der Waals surface area contributed by atoms with Crippen LogP contribution in [0.4, 0.5) is 13.2 Å². The maximum atomic E-state index is 13.5. The highest BCUT2D eigenvalue weighted by Gasteiger charge is 2.34. The van der Waals surface area contributed by atoms with Crippen LogP contribution in [0.25, 0.3) is 5.69 Å². The lowest BCUT2D eigenvalue weighted by Crippen LogP contribution is -2.48. The lowest BCUT2D eigenvalue weighted by molar-refractivity contribution is -0.137. The quantitative estimate of drug-likeness (QED) is 0.536. The minimum atomic E-state index is -4.68. The molecule has 1 heterocycles. The van der Waals surface area contributed by atoms with Crippen LogP contribution in [0.5, 0.6) is 5.75 Å². The summed E-state index contributed by atoms with van der Waals surface area (Å²) in [5.41, 5.74) is 3.23. The fraction of sp³-hybridized carbons (Fsp3) is 0.250. The zero-order valence-electron chi connectivity index (χ0n) is 19.4. The van der Waals surface area contributed by atoms with Gasteiger partial charge in [-0.25, -0.2) is 4.68 Å². The predicted octanol–water partition coefficient (Wildman–Crippen LogP) is 3.41. The number of benzene rings is 2. The molecule has 0 aliphatic rings. The van der Waals surface area contributed by atoms with Crippen LogP contribution in [-0.4, -0.2) is 27.7 Å². The molecule has 35 heavy (non-hydrogen) atoms. The number of halogens is 3. The number of hydrogen-bond acceptors (Lipinski definition) is 5. The fourth-order valence-corrected chi connectivity index (χ4v) is 3.22. The molecule has 0 fully saturated rings. The summed E-state index contributed by atoms with van der Waals surface area (Å²) in [5, 5.41) is 3.84. The van der Waals surface area contributed by atoms with Crippen molar-refractivity contribution in [2.24, 2.45) is 0 Å². The van der Waals surface area contributed by atoms with E-state index in [1.54, 1.807) is 12.1 Å². The Morgan fingerprint density at radius 3 is 2.40 bits per heavy atom. The molecule has 0 aliphatic carbocycles. The summed E-state index contributed by atoms with van der Waals surface area (Å²) >= 11 is 0. The van der Waals surface area contributed by atoms with Gasteiger partial charge in [0.05, 0.1) is 11.3 Å². The Morgan fingerprint density at radius 2 is 1.71 bits per heavy atom. The number of hydrogen-bond donors (Lipinski definition) is 2. The van der Waals surface area contributed by atoms with Crippen LogP contribution in [0.15, 0.2) is 53.3 Å². The maximum Gasteiger partial charge on any atom is 0.418 e. The normalized spacial score (nSPS) is 12.1. The van der Waals surface area contributed by atoms with Crippen molar-refractivity contribution >= 4 is 11.8 Å². The van der Waals surface area contributed by atoms with Crippen molar-refractivity contribution in [3.05, 3.63) is 86.8 Å². The van der Waals surface area contributed by atoms with E-state index in [-0.39, 0.29) is 11.4 Å². The number of carbonyl (C=O) groups excluding carboxylic acids is 2. The number of amides is 2. The first-order valence-electron chi connectivity index (χ1n) is 10.5. The van der Waals surface area contributed by atoms with Gasteiger partial charge in [-0.1, -0.05) is 24.3 Å². The molecule has 0 saturated carbocycles. The van der Waals surface area contributed by atoms with Crippen molar-refractivity contribution in [1.82, 2.24) is 20.6 Å². The fourth-order valence-electron chi connectivity index (χ4n) is 3.22. The Bertz CT molecular complexity index is 1340. The lowest BCUT2D eigenvalue weighted by Gasteiger charge is -2.18. The van der Waals surface area contributed by atoms with Crippen molar-refractivity contribution in [3.8, 4) is 11.4 Å². The number of aryl methyl sites for hydroxylation is 2. The van der Waals surface area contributed by atoms with E-state index in [0.717, 1.165) is 27.9 Å². The van der Waals surface area contributed by atoms with E-state index in [2.05, 4.69) is 16.0 Å². The molecule has 0 spiro atoms. The van der Waals surface area contributed by atoms with Crippen LogP contribution in [-0.2, 0) is 11.0 Å². The minimum absolute atomic E-state index is 0.0860. The molecule has 3 rings (SSSR count). The number of rotatable bonds is 5. The molecule has 2 amide bonds. The summed E-state index contributed by atoms with van der Waals surface area (Å²) in [6.07, 6.45) is -5.69. The van der Waals surface area contributed by atoms with Gasteiger partial charge in [0.2, 0.25) is 5.43 Å². The first kappa shape index (κ1) is 25.5. The average Bonchev–Trinajstić information content (AvgIpc) is 2.79. The van der Waals surface area contributed by atoms with Crippen LogP contribution in [0.1, 0.15) is 39.8 Å². The lowest BCUT2D eigenvalue weighted by atomic mass is 10.1. The molecule has 1 atom stereocenters. The second-order valence-electron chi connectivity index (χ2n) is 7.83. The maximum absolute atomic E-state index is 13.5. The van der Waals surface area contributed by atoms with Crippen LogP contribution < -0.4 is 21.0 Å². The summed E-state index contributed by atoms with van der Waals surface area (Å²) in [6.45, 7) is 6.58. The van der Waals surface area contributed by atoms with Crippen molar-refractivity contribution in [1.29, 1.82) is 0 Å². The summed E-state index contributed by atoms with van der Waals surface area (Å²) < 4.78 is 46.8. The highest BCUT2D eigenvalue weighted by molar-refractivity contribution is 5.94. The SMILES string of the molecule is Cc1cccc(OC(C)C(=O)NNC(=O)c2nn(-c3ccccc3C(F)(F)F)c(C)cc2=O)c1C. The van der Waals surface area contributed by atoms with Gasteiger partial charge in [0, 0.05) is 11.8 Å². The van der Waals surface area contributed by atoms with Gasteiger partial charge in [0.1, 0.15) is 5.75 Å². The Kier molecular flexibility index (Phi) is 7.28. The Hall–Kier alpha value is -4.15. The highest BCUT2D eigenvalue weighted by atomic mass is 19.4. The monoisotopic (exact) mass is 488 g/mol. The number of carbonyl (C=O) groups is 2. The van der Waals surface area contributed by atoms with E-state index in [9.17, 15) is 27.6 Å². The highest BCUT2D eigenvalue weighted by Crippen LogP contribution is 2.33. The molecule has 11 heteroatoms. The molecule has 0 saturated heterocycles. The Labute approximate surface area is 198 Å². The van der Waals surface area contributed by atoms with Crippen molar-refractivity contribution < 1.29 is 27.5 Å². The third kappa shape index (κ3) is 5.68. The second kappa shape index (κ2) is 10.00. The molecule has 0 radical (unpaired) electrons. The molecule has 8 nitrogen and oxygen atoms in total. The minimum Gasteiger partial charge on any atom is -0.481 e. The third-order valence-corrected chi connectivity index (χ3v) is 5.29. The van der Waals surface area contributed by atoms with Gasteiger partial charge in [0.25, 0.3) is 11.8 Å². The number of ether oxygens (including phenoxy) is 1. The zero-order valence-corrected chi connectivity index (χ0v) is 19.4. The topological polar surface area (TPSA) is 102 Å². The number of alkyl halides is 3. The van der Waals surface area contributed by atoms with Gasteiger partial charge in [-0.15, -0.1) is 0 Å². The number of hydrazine groups is 1. The van der Waals surface area contributed by atoms with E-state index in [1.165, 1.54) is 32.0 Å². The zero-order chi connectivity index (χ0) is 25.9. The van der Waals surface area contributed by atoms with Crippen molar-refractivity contribution in [2.75, 3.05) is 0 Å². The van der Waals surface area contributed by atoms with Crippen molar-refractivity contribution in [2.45, 2.75) is 40.0 Å². The van der Waals surface area contributed by atoms with Gasteiger partial charge in [-0.3, -0.25) is 25.2 Å². The largest absolute Gasteiger partial charge is 0.481 e. The standard InChI is InChI=1S/C24H23F3N4O4/c1-13-8-7-11-20(15(13)3)35-16(4)22(33)28-29-23(34)21-19(32)12-14(2)31(30-21)18-10-6-5-9-17(18)24(25,26)27/h5-12,16H,1-4H3,(H,28,33)(H,29,34). The first-order chi connectivity index (χ1) is 16.4. The molecule has 3 aromatic rings. The average molecular weight is 488 g/mol. The van der Waals surface area contributed by atoms with E-state index in [0.29, 0.717) is 5.75 Å². The van der Waals surface area contributed by atoms with Crippen LogP contribution in [0.3, 0.4) is 0 Å². The van der Waals surface area contributed by atoms with Gasteiger partial charge < -0.3 is 4.74 Å². The smallest absolute Gasteiger partial charge is 0.418 e. The van der Waals surface area contributed by atoms with E-state index >= 15 is 0 Å². The second-order valence-corrected chi connectivity index (χ2v) is 7.83. The predicted molar refractivity (Wildman–Crippen MR) is 121 cm³/mol. The molecular formula is C24H23F3N4O4. The molecule has 0 bridgehead atoms. The number of nitrogens with zero attached hydrogens (tertiary/aromatic N) is 2. The molecule has 2 N–H and O–H groups in total. The molecule has 1 aromatic heterocycles. The summed E-state index contributed by atoms with van der Waals surface area (Å²) in [4.78, 5) is 37.3. The number of nitrogens with one attached hydrogen (secondary N) is 2. The van der Waals surface area contributed by atoms with Crippen LogP contribution in [0.2, 0.25) is 0 Å². The van der Waals surface area contributed by atoms with Gasteiger partial charge in [-0.05, 0) is 57.0 Å². The van der Waals surface area contributed by atoms with Gasteiger partial charge in [-0.2, -0.15) is 18.3 Å². The van der Waals surface area contributed by atoms with E-state index in [4.69, 9.17) is 4.74 Å². The first-order valence-corrected chi connectivity index (χ1v) is 10.5. The summed E-state index contributed by atoms with van der Waals surface area (Å²) in [6, 6.07) is 11.0. The van der Waals surface area contributed by atoms with E-state index in [1.807, 2.05) is 19.9 Å². The summed E-state index contributed by atoms with van der Waals surface area (Å²) in [5.74, 6) is -1.32. The van der Waals surface area contributed by atoms with Crippen LogP contribution >= 0.6 is 0 Å². The van der Waals surface area contributed by atoms with Crippen LogP contribution in [0, 0.1) is 20.8 Å². The molecule has 184 valence electrons. The third-order valence-electron chi connectivity index (χ3n) is 5.29. The van der Waals surface area contributed by atoms with Gasteiger partial charge >= 0.3 is 6.18 Å². The molecule has 0 aliphatic heterocycles. The molecular weight excluding hydrogens is 465 g/mol.